The molecule has 0 saturated carbocycles. The zero-order valence-corrected chi connectivity index (χ0v) is 10.0. The van der Waals surface area contributed by atoms with Crippen molar-refractivity contribution in [2.45, 2.75) is 31.6 Å². The molecule has 0 fully saturated rings. The summed E-state index contributed by atoms with van der Waals surface area (Å²) in [6.45, 7) is 0. The van der Waals surface area contributed by atoms with Gasteiger partial charge < -0.3 is 10.2 Å². The monoisotopic (exact) mass is 248 g/mol. The van der Waals surface area contributed by atoms with Crippen LogP contribution in [0.25, 0.3) is 0 Å². The van der Waals surface area contributed by atoms with Crippen molar-refractivity contribution >= 4 is 11.9 Å². The van der Waals surface area contributed by atoms with Gasteiger partial charge in [0.1, 0.15) is 0 Å². The zero-order valence-electron chi connectivity index (χ0n) is 10.0. The van der Waals surface area contributed by atoms with Gasteiger partial charge in [-0.15, -0.1) is 0 Å². The number of hydrogen-bond donors (Lipinski definition) is 2. The molecule has 4 nitrogen and oxygen atoms in total. The van der Waals surface area contributed by atoms with Crippen LogP contribution >= 0.6 is 0 Å². The summed E-state index contributed by atoms with van der Waals surface area (Å²) < 4.78 is 0. The van der Waals surface area contributed by atoms with E-state index in [4.69, 9.17) is 5.11 Å². The second-order valence-corrected chi connectivity index (χ2v) is 4.74. The Hall–Kier alpha value is -1.84. The van der Waals surface area contributed by atoms with Crippen molar-refractivity contribution in [2.24, 2.45) is 5.92 Å². The molecule has 18 heavy (non-hydrogen) atoms. The van der Waals surface area contributed by atoms with Crippen LogP contribution in [0.5, 0.6) is 0 Å². The number of carboxylic acids is 2. The molecule has 2 rings (SSSR count). The SMILES string of the molecule is O=C(O)CC(C(=O)O)C1CCCc2ccccc21. The van der Waals surface area contributed by atoms with Crippen LogP contribution < -0.4 is 0 Å². The molecule has 2 atom stereocenters. The number of fused-ring (bicyclic) bond motifs is 1. The molecule has 2 unspecified atom stereocenters. The van der Waals surface area contributed by atoms with Crippen LogP contribution in [0, 0.1) is 5.92 Å². The summed E-state index contributed by atoms with van der Waals surface area (Å²) in [7, 11) is 0. The lowest BCUT2D eigenvalue weighted by Gasteiger charge is -2.29. The Bertz CT molecular complexity index is 467. The van der Waals surface area contributed by atoms with Crippen molar-refractivity contribution in [1.82, 2.24) is 0 Å². The number of carbonyl (C=O) groups is 2. The van der Waals surface area contributed by atoms with E-state index in [-0.39, 0.29) is 12.3 Å². The van der Waals surface area contributed by atoms with E-state index in [1.54, 1.807) is 0 Å². The standard InChI is InChI=1S/C14H16O4/c15-13(16)8-12(14(17)18)11-7-3-5-9-4-1-2-6-10(9)11/h1-2,4,6,11-12H,3,5,7-8H2,(H,15,16)(H,17,18). The Morgan fingerprint density at radius 1 is 1.28 bits per heavy atom. The van der Waals surface area contributed by atoms with Crippen molar-refractivity contribution in [3.05, 3.63) is 35.4 Å². The van der Waals surface area contributed by atoms with E-state index in [1.807, 2.05) is 24.3 Å². The first-order valence-electron chi connectivity index (χ1n) is 6.12. The molecule has 0 spiro atoms. The molecule has 0 aliphatic heterocycles. The normalized spacial score (nSPS) is 19.9. The van der Waals surface area contributed by atoms with E-state index >= 15 is 0 Å². The third-order valence-corrected chi connectivity index (χ3v) is 3.61. The summed E-state index contributed by atoms with van der Waals surface area (Å²) in [5.74, 6) is -3.07. The molecular weight excluding hydrogens is 232 g/mol. The van der Waals surface area contributed by atoms with Gasteiger partial charge >= 0.3 is 11.9 Å². The number of aliphatic carboxylic acids is 2. The van der Waals surface area contributed by atoms with Gasteiger partial charge in [-0.25, -0.2) is 0 Å². The van der Waals surface area contributed by atoms with Crippen molar-refractivity contribution in [2.75, 3.05) is 0 Å². The van der Waals surface area contributed by atoms with Gasteiger partial charge in [-0.3, -0.25) is 9.59 Å². The van der Waals surface area contributed by atoms with Crippen LogP contribution in [0.2, 0.25) is 0 Å². The molecule has 0 saturated heterocycles. The lowest BCUT2D eigenvalue weighted by atomic mass is 9.74. The van der Waals surface area contributed by atoms with Gasteiger partial charge in [0.2, 0.25) is 0 Å². The van der Waals surface area contributed by atoms with E-state index in [0.29, 0.717) is 0 Å². The fourth-order valence-electron chi connectivity index (χ4n) is 2.80. The first kappa shape index (κ1) is 12.6. The summed E-state index contributed by atoms with van der Waals surface area (Å²) in [5.41, 5.74) is 2.17. The minimum Gasteiger partial charge on any atom is -0.481 e. The van der Waals surface area contributed by atoms with Crippen LogP contribution in [-0.2, 0) is 16.0 Å². The highest BCUT2D eigenvalue weighted by Crippen LogP contribution is 2.38. The topological polar surface area (TPSA) is 74.6 Å². The minimum absolute atomic E-state index is 0.177. The zero-order chi connectivity index (χ0) is 13.1. The number of rotatable bonds is 4. The average Bonchev–Trinajstić information content (AvgIpc) is 2.35. The maximum atomic E-state index is 11.3. The van der Waals surface area contributed by atoms with Crippen molar-refractivity contribution in [1.29, 1.82) is 0 Å². The lowest BCUT2D eigenvalue weighted by molar-refractivity contribution is -0.149. The molecular formula is C14H16O4. The molecule has 4 heteroatoms. The van der Waals surface area contributed by atoms with Crippen LogP contribution in [0.3, 0.4) is 0 Å². The molecule has 1 aliphatic rings. The third-order valence-electron chi connectivity index (χ3n) is 3.61. The van der Waals surface area contributed by atoms with E-state index in [1.165, 1.54) is 0 Å². The van der Waals surface area contributed by atoms with Gasteiger partial charge in [-0.1, -0.05) is 24.3 Å². The van der Waals surface area contributed by atoms with Crippen molar-refractivity contribution < 1.29 is 19.8 Å². The quantitative estimate of drug-likeness (QED) is 0.857. The first-order valence-corrected chi connectivity index (χ1v) is 6.12. The average molecular weight is 248 g/mol. The summed E-state index contributed by atoms with van der Waals surface area (Å²) in [5, 5.41) is 18.1. The van der Waals surface area contributed by atoms with Crippen LogP contribution in [-0.4, -0.2) is 22.2 Å². The van der Waals surface area contributed by atoms with Crippen molar-refractivity contribution in [3.8, 4) is 0 Å². The van der Waals surface area contributed by atoms with Crippen LogP contribution in [0.4, 0.5) is 0 Å². The van der Waals surface area contributed by atoms with Gasteiger partial charge in [0.15, 0.2) is 0 Å². The number of aryl methyl sites for hydroxylation is 1. The highest BCUT2D eigenvalue weighted by atomic mass is 16.4. The van der Waals surface area contributed by atoms with E-state index in [9.17, 15) is 14.7 Å². The number of carboxylic acid groups (broad SMARTS) is 2. The van der Waals surface area contributed by atoms with Gasteiger partial charge in [0.05, 0.1) is 12.3 Å². The molecule has 1 aromatic carbocycles. The number of hydrogen-bond acceptors (Lipinski definition) is 2. The summed E-state index contributed by atoms with van der Waals surface area (Å²) >= 11 is 0. The Morgan fingerprint density at radius 2 is 2.00 bits per heavy atom. The molecule has 96 valence electrons. The summed E-state index contributed by atoms with van der Waals surface area (Å²) in [6.07, 6.45) is 2.31. The minimum atomic E-state index is -1.05. The Kier molecular flexibility index (Phi) is 3.65. The Labute approximate surface area is 105 Å². The largest absolute Gasteiger partial charge is 0.481 e. The third kappa shape index (κ3) is 2.53. The van der Waals surface area contributed by atoms with Gasteiger partial charge in [-0.05, 0) is 36.3 Å². The molecule has 0 bridgehead atoms. The second kappa shape index (κ2) is 5.21. The first-order chi connectivity index (χ1) is 8.59. The predicted molar refractivity (Wildman–Crippen MR) is 65.5 cm³/mol. The fourth-order valence-corrected chi connectivity index (χ4v) is 2.80. The summed E-state index contributed by atoms with van der Waals surface area (Å²) in [6, 6.07) is 7.75. The maximum Gasteiger partial charge on any atom is 0.307 e. The highest BCUT2D eigenvalue weighted by Gasteiger charge is 2.34. The Morgan fingerprint density at radius 3 is 2.67 bits per heavy atom. The molecule has 2 N–H and O–H groups in total. The predicted octanol–water partition coefficient (Wildman–Crippen LogP) is 2.28. The maximum absolute atomic E-state index is 11.3. The molecule has 0 amide bonds. The summed E-state index contributed by atoms with van der Waals surface area (Å²) in [4.78, 5) is 22.1. The molecule has 0 radical (unpaired) electrons. The second-order valence-electron chi connectivity index (χ2n) is 4.74. The van der Waals surface area contributed by atoms with Crippen molar-refractivity contribution in [3.63, 3.8) is 0 Å². The highest BCUT2D eigenvalue weighted by molar-refractivity contribution is 5.78. The van der Waals surface area contributed by atoms with E-state index in [2.05, 4.69) is 0 Å². The Balaban J connectivity index is 2.32. The van der Waals surface area contributed by atoms with Gasteiger partial charge in [0.25, 0.3) is 0 Å². The molecule has 1 aromatic rings. The smallest absolute Gasteiger partial charge is 0.307 e. The number of benzene rings is 1. The molecule has 0 heterocycles. The molecule has 0 aromatic heterocycles. The van der Waals surface area contributed by atoms with Gasteiger partial charge in [0, 0.05) is 0 Å². The van der Waals surface area contributed by atoms with Gasteiger partial charge in [-0.2, -0.15) is 0 Å². The lowest BCUT2D eigenvalue weighted by Crippen LogP contribution is -2.27. The van der Waals surface area contributed by atoms with Crippen LogP contribution in [0.1, 0.15) is 36.3 Å². The molecule has 1 aliphatic carbocycles. The van der Waals surface area contributed by atoms with Crippen LogP contribution in [0.15, 0.2) is 24.3 Å². The fraction of sp³-hybridized carbons (Fsp3) is 0.429. The van der Waals surface area contributed by atoms with E-state index in [0.717, 1.165) is 30.4 Å². The van der Waals surface area contributed by atoms with E-state index < -0.39 is 17.9 Å².